The molecule has 1 heterocycles. The summed E-state index contributed by atoms with van der Waals surface area (Å²) in [7, 11) is 1.69. The molecule has 1 atom stereocenters. The molecule has 0 aliphatic carbocycles. The molecule has 108 valence electrons. The Morgan fingerprint density at radius 3 is 3.00 bits per heavy atom. The van der Waals surface area contributed by atoms with Gasteiger partial charge in [-0.1, -0.05) is 0 Å². The average molecular weight is 277 g/mol. The third kappa shape index (κ3) is 3.48. The van der Waals surface area contributed by atoms with Crippen molar-refractivity contribution in [2.24, 2.45) is 5.73 Å². The average Bonchev–Trinajstić information content (AvgIpc) is 2.43. The molecule has 0 aromatic heterocycles. The first-order valence-electron chi connectivity index (χ1n) is 6.62. The molecule has 2 rings (SSSR count). The predicted molar refractivity (Wildman–Crippen MR) is 75.5 cm³/mol. The van der Waals surface area contributed by atoms with Gasteiger partial charge in [-0.05, 0) is 37.2 Å². The van der Waals surface area contributed by atoms with Gasteiger partial charge < -0.3 is 21.1 Å². The van der Waals surface area contributed by atoms with E-state index in [2.05, 4.69) is 10.6 Å². The number of aryl methyl sites for hydroxylation is 1. The zero-order valence-corrected chi connectivity index (χ0v) is 11.4. The molecule has 0 radical (unpaired) electrons. The van der Waals surface area contributed by atoms with Crippen LogP contribution in [0.1, 0.15) is 18.4 Å². The van der Waals surface area contributed by atoms with E-state index in [1.807, 2.05) is 18.2 Å². The lowest BCUT2D eigenvalue weighted by Gasteiger charge is -2.18. The van der Waals surface area contributed by atoms with E-state index in [0.29, 0.717) is 19.4 Å². The van der Waals surface area contributed by atoms with Crippen molar-refractivity contribution in [3.8, 4) is 5.75 Å². The van der Waals surface area contributed by atoms with Crippen molar-refractivity contribution in [2.75, 3.05) is 19.0 Å². The number of primary amides is 1. The number of carbonyl (C=O) groups excluding carboxylic acids is 2. The summed E-state index contributed by atoms with van der Waals surface area (Å²) < 4.78 is 5.62. The Hall–Kier alpha value is -2.08. The zero-order chi connectivity index (χ0) is 14.5. The van der Waals surface area contributed by atoms with Crippen LogP contribution in [-0.2, 0) is 16.0 Å². The Labute approximate surface area is 117 Å². The molecule has 1 unspecified atom stereocenters. The number of rotatable bonds is 6. The van der Waals surface area contributed by atoms with Gasteiger partial charge in [0, 0.05) is 18.5 Å². The molecular weight excluding hydrogens is 258 g/mol. The number of fused-ring (bicyclic) bond motifs is 1. The van der Waals surface area contributed by atoms with Gasteiger partial charge >= 0.3 is 0 Å². The molecular formula is C14H19N3O3. The zero-order valence-electron chi connectivity index (χ0n) is 11.4. The minimum absolute atomic E-state index is 0.0458. The summed E-state index contributed by atoms with van der Waals surface area (Å²) in [5, 5.41) is 5.66. The number of amides is 2. The van der Waals surface area contributed by atoms with Crippen LogP contribution in [0.4, 0.5) is 5.69 Å². The monoisotopic (exact) mass is 277 g/mol. The number of carbonyl (C=O) groups is 2. The van der Waals surface area contributed by atoms with E-state index in [-0.39, 0.29) is 17.9 Å². The number of anilines is 1. The van der Waals surface area contributed by atoms with E-state index in [4.69, 9.17) is 10.5 Å². The number of nitrogens with two attached hydrogens (primary N) is 1. The van der Waals surface area contributed by atoms with Crippen molar-refractivity contribution in [1.29, 1.82) is 0 Å². The summed E-state index contributed by atoms with van der Waals surface area (Å²) in [6.07, 6.45) is 1.73. The molecule has 0 saturated carbocycles. The van der Waals surface area contributed by atoms with E-state index < -0.39 is 0 Å². The van der Waals surface area contributed by atoms with Crippen LogP contribution >= 0.6 is 0 Å². The van der Waals surface area contributed by atoms with Crippen molar-refractivity contribution in [3.05, 3.63) is 23.8 Å². The van der Waals surface area contributed by atoms with Crippen LogP contribution < -0.4 is 21.1 Å². The number of ether oxygens (including phenoxy) is 1. The standard InChI is InChI=1S/C14H19N3O3/c1-16-12(14(15)19)6-7-20-10-3-4-11-9(8-10)2-5-13(18)17-11/h3-4,8,12,16H,2,5-7H2,1H3,(H2,15,19)(H,17,18). The van der Waals surface area contributed by atoms with Gasteiger partial charge in [-0.25, -0.2) is 0 Å². The maximum atomic E-state index is 11.3. The quantitative estimate of drug-likeness (QED) is 0.702. The summed E-state index contributed by atoms with van der Waals surface area (Å²) in [6.45, 7) is 0.402. The first-order chi connectivity index (χ1) is 9.60. The SMILES string of the molecule is CNC(CCOc1ccc2c(c1)CCC(=O)N2)C(N)=O. The minimum atomic E-state index is -0.385. The van der Waals surface area contributed by atoms with Crippen molar-refractivity contribution >= 4 is 17.5 Å². The summed E-state index contributed by atoms with van der Waals surface area (Å²) in [4.78, 5) is 22.3. The van der Waals surface area contributed by atoms with Gasteiger partial charge in [-0.3, -0.25) is 9.59 Å². The fraction of sp³-hybridized carbons (Fsp3) is 0.429. The lowest BCUT2D eigenvalue weighted by atomic mass is 10.0. The molecule has 1 aromatic rings. The first-order valence-corrected chi connectivity index (χ1v) is 6.62. The lowest BCUT2D eigenvalue weighted by molar-refractivity contribution is -0.120. The Kier molecular flexibility index (Phi) is 4.57. The Balaban J connectivity index is 1.91. The van der Waals surface area contributed by atoms with Crippen LogP contribution in [0, 0.1) is 0 Å². The van der Waals surface area contributed by atoms with Crippen molar-refractivity contribution < 1.29 is 14.3 Å². The third-order valence-electron chi connectivity index (χ3n) is 3.34. The molecule has 1 aliphatic heterocycles. The molecule has 2 amide bonds. The highest BCUT2D eigenvalue weighted by molar-refractivity contribution is 5.94. The van der Waals surface area contributed by atoms with Gasteiger partial charge in [0.25, 0.3) is 0 Å². The summed E-state index contributed by atoms with van der Waals surface area (Å²) >= 11 is 0. The molecule has 0 saturated heterocycles. The first kappa shape index (κ1) is 14.3. The molecule has 6 heteroatoms. The molecule has 0 spiro atoms. The molecule has 4 N–H and O–H groups in total. The Morgan fingerprint density at radius 2 is 2.30 bits per heavy atom. The fourth-order valence-electron chi connectivity index (χ4n) is 2.17. The molecule has 1 aromatic carbocycles. The van der Waals surface area contributed by atoms with Crippen LogP contribution in [0.3, 0.4) is 0 Å². The molecule has 1 aliphatic rings. The second-order valence-electron chi connectivity index (χ2n) is 4.75. The van der Waals surface area contributed by atoms with Crippen molar-refractivity contribution in [1.82, 2.24) is 5.32 Å². The van der Waals surface area contributed by atoms with Gasteiger partial charge in [0.2, 0.25) is 11.8 Å². The largest absolute Gasteiger partial charge is 0.494 e. The summed E-state index contributed by atoms with van der Waals surface area (Å²) in [6, 6.07) is 5.19. The van der Waals surface area contributed by atoms with Gasteiger partial charge in [-0.2, -0.15) is 0 Å². The molecule has 6 nitrogen and oxygen atoms in total. The highest BCUT2D eigenvalue weighted by Crippen LogP contribution is 2.26. The van der Waals surface area contributed by atoms with Crippen LogP contribution in [0.2, 0.25) is 0 Å². The minimum Gasteiger partial charge on any atom is -0.494 e. The van der Waals surface area contributed by atoms with E-state index in [1.54, 1.807) is 7.05 Å². The van der Waals surface area contributed by atoms with E-state index in [9.17, 15) is 9.59 Å². The summed E-state index contributed by atoms with van der Waals surface area (Å²) in [5.41, 5.74) is 7.15. The smallest absolute Gasteiger partial charge is 0.234 e. The van der Waals surface area contributed by atoms with Gasteiger partial charge in [-0.15, -0.1) is 0 Å². The van der Waals surface area contributed by atoms with Crippen LogP contribution in [0.25, 0.3) is 0 Å². The van der Waals surface area contributed by atoms with Crippen molar-refractivity contribution in [3.63, 3.8) is 0 Å². The second-order valence-corrected chi connectivity index (χ2v) is 4.75. The number of likely N-dealkylation sites (N-methyl/N-ethyl adjacent to an activating group) is 1. The van der Waals surface area contributed by atoms with E-state index in [1.165, 1.54) is 0 Å². The van der Waals surface area contributed by atoms with Gasteiger partial charge in [0.15, 0.2) is 0 Å². The molecule has 20 heavy (non-hydrogen) atoms. The van der Waals surface area contributed by atoms with Crippen LogP contribution in [0.5, 0.6) is 5.75 Å². The van der Waals surface area contributed by atoms with Crippen LogP contribution in [-0.4, -0.2) is 31.5 Å². The lowest BCUT2D eigenvalue weighted by Crippen LogP contribution is -2.40. The van der Waals surface area contributed by atoms with Gasteiger partial charge in [0.05, 0.1) is 12.6 Å². The predicted octanol–water partition coefficient (Wildman–Crippen LogP) is 0.413. The summed E-state index contributed by atoms with van der Waals surface area (Å²) in [5.74, 6) is 0.396. The Bertz CT molecular complexity index is 516. The topological polar surface area (TPSA) is 93.4 Å². The number of nitrogens with one attached hydrogen (secondary N) is 2. The molecule has 0 fully saturated rings. The molecule has 0 bridgehead atoms. The van der Waals surface area contributed by atoms with Gasteiger partial charge in [0.1, 0.15) is 5.75 Å². The normalized spacial score (nSPS) is 15.2. The second kappa shape index (κ2) is 6.38. The maximum absolute atomic E-state index is 11.3. The highest BCUT2D eigenvalue weighted by atomic mass is 16.5. The number of hydrogen-bond donors (Lipinski definition) is 3. The van der Waals surface area contributed by atoms with Crippen molar-refractivity contribution in [2.45, 2.75) is 25.3 Å². The Morgan fingerprint density at radius 1 is 1.50 bits per heavy atom. The number of benzene rings is 1. The van der Waals surface area contributed by atoms with E-state index >= 15 is 0 Å². The van der Waals surface area contributed by atoms with E-state index in [0.717, 1.165) is 23.4 Å². The van der Waals surface area contributed by atoms with Crippen LogP contribution in [0.15, 0.2) is 18.2 Å². The maximum Gasteiger partial charge on any atom is 0.234 e. The highest BCUT2D eigenvalue weighted by Gasteiger charge is 2.16. The third-order valence-corrected chi connectivity index (χ3v) is 3.34. The fourth-order valence-corrected chi connectivity index (χ4v) is 2.17. The number of hydrogen-bond acceptors (Lipinski definition) is 4.